The summed E-state index contributed by atoms with van der Waals surface area (Å²) in [5.41, 5.74) is 2.01. The molecule has 152 valence electrons. The van der Waals surface area contributed by atoms with Gasteiger partial charge in [0.25, 0.3) is 5.91 Å². The third-order valence-electron chi connectivity index (χ3n) is 5.29. The maximum Gasteiger partial charge on any atom is 0.251 e. The van der Waals surface area contributed by atoms with Gasteiger partial charge in [-0.2, -0.15) is 5.26 Å². The number of ether oxygens (including phenoxy) is 1. The zero-order valence-corrected chi connectivity index (χ0v) is 17.2. The lowest BCUT2D eigenvalue weighted by Crippen LogP contribution is -2.42. The molecule has 0 radical (unpaired) electrons. The van der Waals surface area contributed by atoms with Gasteiger partial charge in [-0.3, -0.25) is 4.79 Å². The molecule has 0 aromatic heterocycles. The zero-order valence-electron chi connectivity index (χ0n) is 17.2. The highest BCUT2D eigenvalue weighted by atomic mass is 16.5. The van der Waals surface area contributed by atoms with Crippen molar-refractivity contribution in [1.29, 1.82) is 5.26 Å². The molecule has 0 spiro atoms. The van der Waals surface area contributed by atoms with Crippen LogP contribution in [0.15, 0.2) is 48.5 Å². The van der Waals surface area contributed by atoms with Gasteiger partial charge in [0.1, 0.15) is 12.4 Å². The predicted molar refractivity (Wildman–Crippen MR) is 114 cm³/mol. The van der Waals surface area contributed by atoms with Gasteiger partial charge in [0.15, 0.2) is 0 Å². The first-order valence-electron chi connectivity index (χ1n) is 10.3. The highest BCUT2D eigenvalue weighted by Crippen LogP contribution is 2.20. The van der Waals surface area contributed by atoms with E-state index < -0.39 is 0 Å². The number of nitrogens with one attached hydrogen (secondary N) is 1. The van der Waals surface area contributed by atoms with Crippen LogP contribution in [0.3, 0.4) is 0 Å². The SMILES string of the molecule is CC1CC(C)CN(CCNC(=O)c2cccc(OCc3ccccc3C#N)c2)C1. The van der Waals surface area contributed by atoms with Crippen LogP contribution in [0.1, 0.15) is 41.8 Å². The number of rotatable bonds is 7. The molecule has 1 heterocycles. The predicted octanol–water partition coefficient (Wildman–Crippen LogP) is 3.84. The van der Waals surface area contributed by atoms with Crippen LogP contribution < -0.4 is 10.1 Å². The van der Waals surface area contributed by atoms with Gasteiger partial charge in [0.05, 0.1) is 11.6 Å². The van der Waals surface area contributed by atoms with Crippen LogP contribution in [0.4, 0.5) is 0 Å². The highest BCUT2D eigenvalue weighted by Gasteiger charge is 2.21. The molecular weight excluding hydrogens is 362 g/mol. The van der Waals surface area contributed by atoms with Crippen LogP contribution in [0.25, 0.3) is 0 Å². The van der Waals surface area contributed by atoms with Crippen LogP contribution in [0.2, 0.25) is 0 Å². The number of benzene rings is 2. The molecule has 1 amide bonds. The Hall–Kier alpha value is -2.84. The molecule has 1 aliphatic heterocycles. The van der Waals surface area contributed by atoms with E-state index in [4.69, 9.17) is 4.74 Å². The Bertz CT molecular complexity index is 864. The maximum atomic E-state index is 12.5. The van der Waals surface area contributed by atoms with Gasteiger partial charge in [-0.1, -0.05) is 38.1 Å². The van der Waals surface area contributed by atoms with Crippen molar-refractivity contribution < 1.29 is 9.53 Å². The van der Waals surface area contributed by atoms with Crippen LogP contribution in [0, 0.1) is 23.2 Å². The van der Waals surface area contributed by atoms with Crippen molar-refractivity contribution >= 4 is 5.91 Å². The fraction of sp³-hybridized carbons (Fsp3) is 0.417. The van der Waals surface area contributed by atoms with Crippen molar-refractivity contribution in [2.75, 3.05) is 26.2 Å². The number of carbonyl (C=O) groups is 1. The number of hydrogen-bond acceptors (Lipinski definition) is 4. The van der Waals surface area contributed by atoms with E-state index in [0.29, 0.717) is 30.0 Å². The van der Waals surface area contributed by atoms with Crippen LogP contribution in [-0.2, 0) is 6.61 Å². The van der Waals surface area contributed by atoms with E-state index in [2.05, 4.69) is 30.1 Å². The largest absolute Gasteiger partial charge is 0.489 e. The molecule has 5 heteroatoms. The standard InChI is InChI=1S/C24H29N3O2/c1-18-12-19(2)16-27(15-18)11-10-26-24(28)20-8-5-9-23(13-20)29-17-22-7-4-3-6-21(22)14-25/h3-9,13,18-19H,10-12,15-17H2,1-2H3,(H,26,28). The maximum absolute atomic E-state index is 12.5. The molecular formula is C24H29N3O2. The Morgan fingerprint density at radius 1 is 1.17 bits per heavy atom. The van der Waals surface area contributed by atoms with E-state index in [0.717, 1.165) is 37.0 Å². The molecule has 1 saturated heterocycles. The molecule has 2 atom stereocenters. The smallest absolute Gasteiger partial charge is 0.251 e. The van der Waals surface area contributed by atoms with Gasteiger partial charge in [0, 0.05) is 37.3 Å². The molecule has 0 aliphatic carbocycles. The first-order chi connectivity index (χ1) is 14.0. The van der Waals surface area contributed by atoms with Gasteiger partial charge in [0.2, 0.25) is 0 Å². The third-order valence-corrected chi connectivity index (χ3v) is 5.29. The first-order valence-corrected chi connectivity index (χ1v) is 10.3. The number of carbonyl (C=O) groups excluding carboxylic acids is 1. The van der Waals surface area contributed by atoms with Gasteiger partial charge < -0.3 is 15.0 Å². The Kier molecular flexibility index (Phi) is 7.26. The van der Waals surface area contributed by atoms with Crippen molar-refractivity contribution in [1.82, 2.24) is 10.2 Å². The van der Waals surface area contributed by atoms with Crippen LogP contribution in [0.5, 0.6) is 5.75 Å². The minimum Gasteiger partial charge on any atom is -0.489 e. The summed E-state index contributed by atoms with van der Waals surface area (Å²) in [6.45, 7) is 8.60. The van der Waals surface area contributed by atoms with E-state index >= 15 is 0 Å². The van der Waals surface area contributed by atoms with Crippen molar-refractivity contribution in [3.8, 4) is 11.8 Å². The third kappa shape index (κ3) is 6.07. The summed E-state index contributed by atoms with van der Waals surface area (Å²) >= 11 is 0. The van der Waals surface area contributed by atoms with E-state index in [-0.39, 0.29) is 5.91 Å². The van der Waals surface area contributed by atoms with Crippen molar-refractivity contribution in [3.05, 3.63) is 65.2 Å². The zero-order chi connectivity index (χ0) is 20.6. The normalized spacial score (nSPS) is 19.3. The Labute approximate surface area is 173 Å². The van der Waals surface area contributed by atoms with Crippen LogP contribution >= 0.6 is 0 Å². The quantitative estimate of drug-likeness (QED) is 0.779. The Morgan fingerprint density at radius 3 is 2.69 bits per heavy atom. The lowest BCUT2D eigenvalue weighted by Gasteiger charge is -2.34. The molecule has 2 aromatic rings. The lowest BCUT2D eigenvalue weighted by atomic mass is 9.92. The second-order valence-electron chi connectivity index (χ2n) is 8.05. The average Bonchev–Trinajstić information content (AvgIpc) is 2.72. The van der Waals surface area contributed by atoms with Crippen molar-refractivity contribution in [2.24, 2.45) is 11.8 Å². The summed E-state index contributed by atoms with van der Waals surface area (Å²) in [5, 5.41) is 12.2. The fourth-order valence-corrected chi connectivity index (χ4v) is 4.05. The summed E-state index contributed by atoms with van der Waals surface area (Å²) in [6, 6.07) is 16.7. The molecule has 0 bridgehead atoms. The summed E-state index contributed by atoms with van der Waals surface area (Å²) in [7, 11) is 0. The number of amides is 1. The second-order valence-corrected chi connectivity index (χ2v) is 8.05. The number of piperidine rings is 1. The summed E-state index contributed by atoms with van der Waals surface area (Å²) < 4.78 is 5.81. The van der Waals surface area contributed by atoms with Crippen molar-refractivity contribution in [2.45, 2.75) is 26.9 Å². The molecule has 2 unspecified atom stereocenters. The second kappa shape index (κ2) is 10.1. The lowest BCUT2D eigenvalue weighted by molar-refractivity contribution is 0.0936. The van der Waals surface area contributed by atoms with Gasteiger partial charge >= 0.3 is 0 Å². The molecule has 1 aliphatic rings. The van der Waals surface area contributed by atoms with E-state index in [1.807, 2.05) is 30.3 Å². The molecule has 0 saturated carbocycles. The summed E-state index contributed by atoms with van der Waals surface area (Å²) in [6.07, 6.45) is 1.29. The fourth-order valence-electron chi connectivity index (χ4n) is 4.05. The first kappa shape index (κ1) is 20.9. The molecule has 1 fully saturated rings. The van der Waals surface area contributed by atoms with Gasteiger partial charge in [-0.15, -0.1) is 0 Å². The topological polar surface area (TPSA) is 65.4 Å². The van der Waals surface area contributed by atoms with Crippen molar-refractivity contribution in [3.63, 3.8) is 0 Å². The molecule has 1 N–H and O–H groups in total. The average molecular weight is 392 g/mol. The summed E-state index contributed by atoms with van der Waals surface area (Å²) in [5.74, 6) is 1.96. The Morgan fingerprint density at radius 2 is 1.93 bits per heavy atom. The number of likely N-dealkylation sites (tertiary alicyclic amines) is 1. The van der Waals surface area contributed by atoms with Gasteiger partial charge in [-0.05, 0) is 42.5 Å². The highest BCUT2D eigenvalue weighted by molar-refractivity contribution is 5.94. The number of nitrogens with zero attached hydrogens (tertiary/aromatic N) is 2. The molecule has 5 nitrogen and oxygen atoms in total. The van der Waals surface area contributed by atoms with E-state index in [1.54, 1.807) is 18.2 Å². The monoisotopic (exact) mass is 391 g/mol. The number of hydrogen-bond donors (Lipinski definition) is 1. The molecule has 3 rings (SSSR count). The van der Waals surface area contributed by atoms with E-state index in [1.165, 1.54) is 6.42 Å². The molecule has 29 heavy (non-hydrogen) atoms. The molecule has 2 aromatic carbocycles. The Balaban J connectivity index is 1.51. The van der Waals surface area contributed by atoms with Crippen LogP contribution in [-0.4, -0.2) is 37.0 Å². The van der Waals surface area contributed by atoms with E-state index in [9.17, 15) is 10.1 Å². The van der Waals surface area contributed by atoms with Gasteiger partial charge in [-0.25, -0.2) is 0 Å². The number of nitriles is 1. The summed E-state index contributed by atoms with van der Waals surface area (Å²) in [4.78, 5) is 14.9. The minimum absolute atomic E-state index is 0.0917. The minimum atomic E-state index is -0.0917.